The number of rotatable bonds is 8. The Labute approximate surface area is 177 Å². The van der Waals surface area contributed by atoms with Crippen LogP contribution in [0, 0.1) is 6.92 Å². The lowest BCUT2D eigenvalue weighted by molar-refractivity contribution is 0.214. The SMILES string of the molecule is C=CCN(Cc1cccn1Cc1cccc(C)c1)C(=O)Nc1ccc(SC)cc1. The minimum absolute atomic E-state index is 0.134. The van der Waals surface area contributed by atoms with E-state index in [1.165, 1.54) is 16.0 Å². The van der Waals surface area contributed by atoms with E-state index in [-0.39, 0.29) is 6.03 Å². The van der Waals surface area contributed by atoms with Gasteiger partial charge in [0.05, 0.1) is 6.54 Å². The molecular formula is C24H27N3OS. The minimum atomic E-state index is -0.134. The fourth-order valence-corrected chi connectivity index (χ4v) is 3.61. The predicted molar refractivity (Wildman–Crippen MR) is 123 cm³/mol. The van der Waals surface area contributed by atoms with E-state index in [2.05, 4.69) is 59.9 Å². The Morgan fingerprint density at radius 2 is 1.97 bits per heavy atom. The molecule has 0 unspecified atom stereocenters. The predicted octanol–water partition coefficient (Wildman–Crippen LogP) is 5.79. The topological polar surface area (TPSA) is 37.3 Å². The standard InChI is InChI=1S/C24H27N3OS/c1-4-14-27(24(28)25-21-10-12-23(29-3)13-11-21)18-22-9-6-15-26(22)17-20-8-5-7-19(2)16-20/h4-13,15-16H,1,14,17-18H2,2-3H3,(H,25,28). The molecule has 0 saturated carbocycles. The summed E-state index contributed by atoms with van der Waals surface area (Å²) in [4.78, 5) is 15.8. The van der Waals surface area contributed by atoms with Gasteiger partial charge in [-0.15, -0.1) is 18.3 Å². The zero-order valence-corrected chi connectivity index (χ0v) is 17.8. The first-order chi connectivity index (χ1) is 14.1. The van der Waals surface area contributed by atoms with Gasteiger partial charge in [0, 0.05) is 35.6 Å². The van der Waals surface area contributed by atoms with Crippen molar-refractivity contribution in [2.45, 2.75) is 24.9 Å². The number of anilines is 1. The van der Waals surface area contributed by atoms with Crippen molar-refractivity contribution in [2.75, 3.05) is 18.1 Å². The maximum absolute atomic E-state index is 12.9. The number of amides is 2. The van der Waals surface area contributed by atoms with Gasteiger partial charge in [-0.05, 0) is 55.1 Å². The molecule has 0 aliphatic heterocycles. The quantitative estimate of drug-likeness (QED) is 0.381. The van der Waals surface area contributed by atoms with E-state index in [4.69, 9.17) is 0 Å². The van der Waals surface area contributed by atoms with Gasteiger partial charge in [0.15, 0.2) is 0 Å². The monoisotopic (exact) mass is 405 g/mol. The molecule has 0 fully saturated rings. The van der Waals surface area contributed by atoms with Crippen molar-refractivity contribution < 1.29 is 4.79 Å². The lowest BCUT2D eigenvalue weighted by atomic mass is 10.1. The highest BCUT2D eigenvalue weighted by Crippen LogP contribution is 2.18. The summed E-state index contributed by atoms with van der Waals surface area (Å²) in [6.45, 7) is 7.68. The Kier molecular flexibility index (Phi) is 7.19. The molecule has 0 atom stereocenters. The molecule has 0 aliphatic rings. The zero-order chi connectivity index (χ0) is 20.6. The van der Waals surface area contributed by atoms with Gasteiger partial charge in [-0.3, -0.25) is 0 Å². The summed E-state index contributed by atoms with van der Waals surface area (Å²) in [5.41, 5.74) is 4.37. The molecule has 4 nitrogen and oxygen atoms in total. The first-order valence-corrected chi connectivity index (χ1v) is 10.8. The molecule has 2 amide bonds. The van der Waals surface area contributed by atoms with Gasteiger partial charge in [0.1, 0.15) is 0 Å². The number of urea groups is 1. The molecule has 2 aromatic carbocycles. The van der Waals surface area contributed by atoms with E-state index in [0.29, 0.717) is 13.1 Å². The number of aryl methyl sites for hydroxylation is 1. The largest absolute Gasteiger partial charge is 0.345 e. The van der Waals surface area contributed by atoms with Gasteiger partial charge in [-0.1, -0.05) is 35.9 Å². The van der Waals surface area contributed by atoms with Crippen LogP contribution in [0.4, 0.5) is 10.5 Å². The number of hydrogen-bond donors (Lipinski definition) is 1. The molecule has 0 aliphatic carbocycles. The number of carbonyl (C=O) groups is 1. The number of hydrogen-bond acceptors (Lipinski definition) is 2. The number of nitrogens with one attached hydrogen (secondary N) is 1. The molecule has 1 aromatic heterocycles. The molecule has 3 rings (SSSR count). The van der Waals surface area contributed by atoms with Crippen LogP contribution in [-0.2, 0) is 13.1 Å². The molecule has 150 valence electrons. The van der Waals surface area contributed by atoms with Gasteiger partial charge >= 0.3 is 6.03 Å². The number of benzene rings is 2. The van der Waals surface area contributed by atoms with Crippen LogP contribution in [0.3, 0.4) is 0 Å². The lowest BCUT2D eigenvalue weighted by Gasteiger charge is -2.23. The minimum Gasteiger partial charge on any atom is -0.345 e. The van der Waals surface area contributed by atoms with Crippen LogP contribution in [0.1, 0.15) is 16.8 Å². The van der Waals surface area contributed by atoms with Crippen molar-refractivity contribution in [3.05, 3.63) is 96.3 Å². The highest BCUT2D eigenvalue weighted by atomic mass is 32.2. The van der Waals surface area contributed by atoms with Crippen molar-refractivity contribution in [2.24, 2.45) is 0 Å². The first-order valence-electron chi connectivity index (χ1n) is 9.59. The molecular weight excluding hydrogens is 378 g/mol. The third kappa shape index (κ3) is 5.78. The molecule has 0 saturated heterocycles. The number of aromatic nitrogens is 1. The van der Waals surface area contributed by atoms with Crippen LogP contribution >= 0.6 is 11.8 Å². The lowest BCUT2D eigenvalue weighted by Crippen LogP contribution is -2.35. The molecule has 0 radical (unpaired) electrons. The summed E-state index contributed by atoms with van der Waals surface area (Å²) < 4.78 is 2.19. The van der Waals surface area contributed by atoms with Gasteiger partial charge in [-0.25, -0.2) is 4.79 Å². The van der Waals surface area contributed by atoms with Crippen molar-refractivity contribution in [1.29, 1.82) is 0 Å². The van der Waals surface area contributed by atoms with Crippen molar-refractivity contribution in [1.82, 2.24) is 9.47 Å². The number of thioether (sulfide) groups is 1. The van der Waals surface area contributed by atoms with E-state index < -0.39 is 0 Å². The average Bonchev–Trinajstić information content (AvgIpc) is 3.15. The maximum atomic E-state index is 12.9. The third-order valence-electron chi connectivity index (χ3n) is 4.69. The maximum Gasteiger partial charge on any atom is 0.322 e. The Bertz CT molecular complexity index is 962. The van der Waals surface area contributed by atoms with Gasteiger partial charge in [0.2, 0.25) is 0 Å². The summed E-state index contributed by atoms with van der Waals surface area (Å²) in [5.74, 6) is 0. The van der Waals surface area contributed by atoms with E-state index in [1.807, 2.05) is 36.6 Å². The Balaban J connectivity index is 1.70. The Hall–Kier alpha value is -2.92. The number of carbonyl (C=O) groups excluding carboxylic acids is 1. The second-order valence-electron chi connectivity index (χ2n) is 6.94. The van der Waals surface area contributed by atoms with Gasteiger partial charge in [-0.2, -0.15) is 0 Å². The highest BCUT2D eigenvalue weighted by molar-refractivity contribution is 7.98. The summed E-state index contributed by atoms with van der Waals surface area (Å²) in [5, 5.41) is 2.99. The van der Waals surface area contributed by atoms with Crippen LogP contribution in [0.25, 0.3) is 0 Å². The third-order valence-corrected chi connectivity index (χ3v) is 5.43. The zero-order valence-electron chi connectivity index (χ0n) is 17.0. The Morgan fingerprint density at radius 1 is 1.17 bits per heavy atom. The molecule has 0 spiro atoms. The molecule has 29 heavy (non-hydrogen) atoms. The van der Waals surface area contributed by atoms with Crippen LogP contribution in [0.15, 0.2) is 84.4 Å². The molecule has 1 N–H and O–H groups in total. The van der Waals surface area contributed by atoms with E-state index >= 15 is 0 Å². The normalized spacial score (nSPS) is 10.6. The van der Waals surface area contributed by atoms with Crippen molar-refractivity contribution >= 4 is 23.5 Å². The fraction of sp³-hybridized carbons (Fsp3) is 0.208. The van der Waals surface area contributed by atoms with Gasteiger partial charge < -0.3 is 14.8 Å². The molecule has 3 aromatic rings. The van der Waals surface area contributed by atoms with Crippen molar-refractivity contribution in [3.63, 3.8) is 0 Å². The first kappa shape index (κ1) is 20.8. The molecule has 1 heterocycles. The summed E-state index contributed by atoms with van der Waals surface area (Å²) >= 11 is 1.68. The molecule has 0 bridgehead atoms. The van der Waals surface area contributed by atoms with Crippen LogP contribution in [-0.4, -0.2) is 28.3 Å². The second kappa shape index (κ2) is 10.0. The van der Waals surface area contributed by atoms with E-state index in [9.17, 15) is 4.79 Å². The summed E-state index contributed by atoms with van der Waals surface area (Å²) in [7, 11) is 0. The summed E-state index contributed by atoms with van der Waals surface area (Å²) in [6, 6.07) is 20.3. The van der Waals surface area contributed by atoms with E-state index in [0.717, 1.165) is 17.9 Å². The smallest absolute Gasteiger partial charge is 0.322 e. The summed E-state index contributed by atoms with van der Waals surface area (Å²) in [6.07, 6.45) is 5.85. The van der Waals surface area contributed by atoms with Gasteiger partial charge in [0.25, 0.3) is 0 Å². The van der Waals surface area contributed by atoms with Crippen molar-refractivity contribution in [3.8, 4) is 0 Å². The number of nitrogens with zero attached hydrogens (tertiary/aromatic N) is 2. The van der Waals surface area contributed by atoms with Crippen LogP contribution in [0.2, 0.25) is 0 Å². The van der Waals surface area contributed by atoms with E-state index in [1.54, 1.807) is 22.7 Å². The molecule has 5 heteroatoms. The fourth-order valence-electron chi connectivity index (χ4n) is 3.20. The van der Waals surface area contributed by atoms with Crippen LogP contribution < -0.4 is 5.32 Å². The highest BCUT2D eigenvalue weighted by Gasteiger charge is 2.15. The Morgan fingerprint density at radius 3 is 2.66 bits per heavy atom. The second-order valence-corrected chi connectivity index (χ2v) is 7.82. The van der Waals surface area contributed by atoms with Crippen LogP contribution in [0.5, 0.6) is 0 Å². The average molecular weight is 406 g/mol.